The highest BCUT2D eigenvalue weighted by atomic mass is 32.1. The van der Waals surface area contributed by atoms with Crippen LogP contribution in [0.4, 0.5) is 0 Å². The summed E-state index contributed by atoms with van der Waals surface area (Å²) in [6, 6.07) is 14.2. The molecule has 0 saturated heterocycles. The van der Waals surface area contributed by atoms with E-state index >= 15 is 0 Å². The van der Waals surface area contributed by atoms with Gasteiger partial charge in [0, 0.05) is 18.0 Å². The Bertz CT molecular complexity index is 734. The first-order chi connectivity index (χ1) is 11.6. The van der Waals surface area contributed by atoms with E-state index in [4.69, 9.17) is 4.42 Å². The second-order valence-corrected chi connectivity index (χ2v) is 6.91. The van der Waals surface area contributed by atoms with Gasteiger partial charge in [-0.05, 0) is 30.9 Å². The molecule has 0 aliphatic carbocycles. The van der Waals surface area contributed by atoms with Gasteiger partial charge in [-0.15, -0.1) is 11.3 Å². The second kappa shape index (κ2) is 7.75. The largest absolute Gasteiger partial charge is 0.444 e. The zero-order valence-corrected chi connectivity index (χ0v) is 14.8. The zero-order valence-electron chi connectivity index (χ0n) is 14.0. The van der Waals surface area contributed by atoms with Crippen LogP contribution in [0.2, 0.25) is 0 Å². The van der Waals surface area contributed by atoms with E-state index in [1.165, 1.54) is 5.56 Å². The molecule has 0 aliphatic rings. The van der Waals surface area contributed by atoms with Gasteiger partial charge in [0.15, 0.2) is 0 Å². The summed E-state index contributed by atoms with van der Waals surface area (Å²) in [5, 5.41) is 12.5. The molecule has 1 unspecified atom stereocenters. The quantitative estimate of drug-likeness (QED) is 0.703. The molecule has 0 aliphatic heterocycles. The van der Waals surface area contributed by atoms with Crippen molar-refractivity contribution in [3.05, 3.63) is 75.6 Å². The summed E-state index contributed by atoms with van der Waals surface area (Å²) in [4.78, 5) is 7.62. The number of benzene rings is 1. The molecule has 1 aromatic carbocycles. The van der Waals surface area contributed by atoms with Crippen molar-refractivity contribution < 1.29 is 9.52 Å². The average molecular weight is 342 g/mol. The van der Waals surface area contributed by atoms with E-state index in [-0.39, 0.29) is 0 Å². The van der Waals surface area contributed by atoms with Gasteiger partial charge in [-0.3, -0.25) is 4.90 Å². The van der Waals surface area contributed by atoms with Crippen molar-refractivity contribution in [2.45, 2.75) is 33.0 Å². The number of aliphatic hydroxyl groups excluding tert-OH is 1. The number of oxazole rings is 1. The Morgan fingerprint density at radius 3 is 2.54 bits per heavy atom. The first-order valence-electron chi connectivity index (χ1n) is 8.02. The van der Waals surface area contributed by atoms with Gasteiger partial charge in [0.25, 0.3) is 0 Å². The summed E-state index contributed by atoms with van der Waals surface area (Å²) in [5.74, 6) is 1.54. The molecule has 24 heavy (non-hydrogen) atoms. The predicted molar refractivity (Wildman–Crippen MR) is 95.8 cm³/mol. The summed E-state index contributed by atoms with van der Waals surface area (Å²) >= 11 is 1.58. The van der Waals surface area contributed by atoms with Gasteiger partial charge in [0.2, 0.25) is 5.89 Å². The summed E-state index contributed by atoms with van der Waals surface area (Å²) in [6.07, 6.45) is -0.508. The maximum atomic E-state index is 10.5. The van der Waals surface area contributed by atoms with Gasteiger partial charge in [-0.25, -0.2) is 4.98 Å². The van der Waals surface area contributed by atoms with Crippen molar-refractivity contribution in [2.24, 2.45) is 0 Å². The van der Waals surface area contributed by atoms with Crippen molar-refractivity contribution in [2.75, 3.05) is 6.54 Å². The lowest BCUT2D eigenvalue weighted by Gasteiger charge is -2.23. The molecule has 0 amide bonds. The Morgan fingerprint density at radius 2 is 1.92 bits per heavy atom. The number of aromatic nitrogens is 1. The molecule has 2 heterocycles. The SMILES string of the molecule is Cc1nc(CN(Cc2ccccc2)CC(O)c2cccs2)oc1C. The summed E-state index contributed by atoms with van der Waals surface area (Å²) in [7, 11) is 0. The van der Waals surface area contributed by atoms with Crippen molar-refractivity contribution in [1.29, 1.82) is 0 Å². The average Bonchev–Trinajstić information content (AvgIpc) is 3.19. The monoisotopic (exact) mass is 342 g/mol. The molecule has 4 nitrogen and oxygen atoms in total. The lowest BCUT2D eigenvalue weighted by molar-refractivity contribution is 0.102. The molecule has 1 atom stereocenters. The van der Waals surface area contributed by atoms with Crippen LogP contribution in [0.25, 0.3) is 0 Å². The summed E-state index contributed by atoms with van der Waals surface area (Å²) in [5.41, 5.74) is 2.12. The minimum absolute atomic E-state index is 0.508. The molecule has 0 saturated carbocycles. The van der Waals surface area contributed by atoms with E-state index in [9.17, 15) is 5.11 Å². The van der Waals surface area contributed by atoms with E-state index in [1.807, 2.05) is 49.6 Å². The highest BCUT2D eigenvalue weighted by Gasteiger charge is 2.18. The van der Waals surface area contributed by atoms with E-state index in [0.29, 0.717) is 19.0 Å². The Kier molecular flexibility index (Phi) is 5.45. The van der Waals surface area contributed by atoms with Gasteiger partial charge in [-0.2, -0.15) is 0 Å². The van der Waals surface area contributed by atoms with E-state index in [2.05, 4.69) is 22.0 Å². The zero-order chi connectivity index (χ0) is 16.9. The molecular weight excluding hydrogens is 320 g/mol. The van der Waals surface area contributed by atoms with Gasteiger partial charge < -0.3 is 9.52 Å². The van der Waals surface area contributed by atoms with Crippen LogP contribution in [-0.2, 0) is 13.1 Å². The molecule has 0 spiro atoms. The normalized spacial score (nSPS) is 12.7. The van der Waals surface area contributed by atoms with Gasteiger partial charge >= 0.3 is 0 Å². The number of nitrogens with zero attached hydrogens (tertiary/aromatic N) is 2. The number of hydrogen-bond acceptors (Lipinski definition) is 5. The maximum Gasteiger partial charge on any atom is 0.208 e. The first kappa shape index (κ1) is 16.9. The molecule has 0 radical (unpaired) electrons. The van der Waals surface area contributed by atoms with Crippen molar-refractivity contribution in [3.63, 3.8) is 0 Å². The number of aryl methyl sites for hydroxylation is 2. The van der Waals surface area contributed by atoms with Crippen molar-refractivity contribution in [3.8, 4) is 0 Å². The third-order valence-corrected chi connectivity index (χ3v) is 4.96. The molecular formula is C19H22N2O2S. The molecule has 3 rings (SSSR count). The standard InChI is InChI=1S/C19H22N2O2S/c1-14-15(2)23-19(20-14)13-21(11-16-7-4-3-5-8-16)12-17(22)18-9-6-10-24-18/h3-10,17,22H,11-13H2,1-2H3. The molecule has 3 aromatic rings. The summed E-state index contributed by atoms with van der Waals surface area (Å²) < 4.78 is 5.72. The van der Waals surface area contributed by atoms with Gasteiger partial charge in [0.1, 0.15) is 11.9 Å². The second-order valence-electron chi connectivity index (χ2n) is 5.94. The number of hydrogen-bond donors (Lipinski definition) is 1. The van der Waals surface area contributed by atoms with Crippen LogP contribution in [0.5, 0.6) is 0 Å². The highest BCUT2D eigenvalue weighted by Crippen LogP contribution is 2.22. The lowest BCUT2D eigenvalue weighted by atomic mass is 10.2. The Hall–Kier alpha value is -1.95. The lowest BCUT2D eigenvalue weighted by Crippen LogP contribution is -2.28. The number of rotatable bonds is 7. The van der Waals surface area contributed by atoms with Gasteiger partial charge in [-0.1, -0.05) is 36.4 Å². The minimum atomic E-state index is -0.508. The van der Waals surface area contributed by atoms with Crippen LogP contribution in [0.3, 0.4) is 0 Å². The van der Waals surface area contributed by atoms with Crippen LogP contribution in [0.1, 0.15) is 33.9 Å². The smallest absolute Gasteiger partial charge is 0.208 e. The number of thiophene rings is 1. The fourth-order valence-electron chi connectivity index (χ4n) is 2.64. The minimum Gasteiger partial charge on any atom is -0.444 e. The third kappa shape index (κ3) is 4.32. The fourth-order valence-corrected chi connectivity index (χ4v) is 3.34. The third-order valence-electron chi connectivity index (χ3n) is 3.98. The molecule has 2 aromatic heterocycles. The van der Waals surface area contributed by atoms with Crippen molar-refractivity contribution in [1.82, 2.24) is 9.88 Å². The van der Waals surface area contributed by atoms with Crippen LogP contribution in [-0.4, -0.2) is 21.5 Å². The highest BCUT2D eigenvalue weighted by molar-refractivity contribution is 7.10. The molecule has 0 bridgehead atoms. The maximum absolute atomic E-state index is 10.5. The van der Waals surface area contributed by atoms with E-state index < -0.39 is 6.10 Å². The fraction of sp³-hybridized carbons (Fsp3) is 0.316. The van der Waals surface area contributed by atoms with Crippen LogP contribution >= 0.6 is 11.3 Å². The topological polar surface area (TPSA) is 49.5 Å². The van der Waals surface area contributed by atoms with Crippen LogP contribution in [0.15, 0.2) is 52.3 Å². The Morgan fingerprint density at radius 1 is 1.12 bits per heavy atom. The Labute approximate surface area is 146 Å². The van der Waals surface area contributed by atoms with Crippen LogP contribution in [0, 0.1) is 13.8 Å². The first-order valence-corrected chi connectivity index (χ1v) is 8.90. The van der Waals surface area contributed by atoms with Gasteiger partial charge in [0.05, 0.1) is 12.2 Å². The molecule has 1 N–H and O–H groups in total. The molecule has 126 valence electrons. The Balaban J connectivity index is 1.74. The van der Waals surface area contributed by atoms with E-state index in [0.717, 1.165) is 22.9 Å². The molecule has 0 fully saturated rings. The van der Waals surface area contributed by atoms with E-state index in [1.54, 1.807) is 11.3 Å². The molecule has 5 heteroatoms. The van der Waals surface area contributed by atoms with Crippen molar-refractivity contribution >= 4 is 11.3 Å². The number of aliphatic hydroxyl groups is 1. The summed E-state index contributed by atoms with van der Waals surface area (Å²) in [6.45, 7) is 5.73. The van der Waals surface area contributed by atoms with Crippen LogP contribution < -0.4 is 0 Å². The predicted octanol–water partition coefficient (Wildman–Crippen LogP) is 4.09.